The van der Waals surface area contributed by atoms with E-state index in [1.807, 2.05) is 6.07 Å². The fourth-order valence-electron chi connectivity index (χ4n) is 2.77. The smallest absolute Gasteiger partial charge is 0.342 e. The summed E-state index contributed by atoms with van der Waals surface area (Å²) in [5.74, 6) is -1.04. The van der Waals surface area contributed by atoms with E-state index in [1.165, 1.54) is 0 Å². The van der Waals surface area contributed by atoms with Gasteiger partial charge in [-0.3, -0.25) is 4.79 Å². The minimum atomic E-state index is -1.31. The van der Waals surface area contributed by atoms with Crippen LogP contribution in [0.2, 0.25) is 5.02 Å². The quantitative estimate of drug-likeness (QED) is 0.914. The lowest BCUT2D eigenvalue weighted by Gasteiger charge is -2.20. The van der Waals surface area contributed by atoms with Crippen molar-refractivity contribution >= 4 is 23.3 Å². The van der Waals surface area contributed by atoms with Gasteiger partial charge in [-0.05, 0) is 24.6 Å². The van der Waals surface area contributed by atoms with Crippen LogP contribution in [-0.2, 0) is 4.74 Å². The summed E-state index contributed by atoms with van der Waals surface area (Å²) in [5.41, 5.74) is 0.500. The zero-order valence-corrected chi connectivity index (χ0v) is 13.7. The Morgan fingerprint density at radius 1 is 1.42 bits per heavy atom. The summed E-state index contributed by atoms with van der Waals surface area (Å²) >= 11 is 6.38. The Hall–Kier alpha value is -2.31. The lowest BCUT2D eigenvalue weighted by atomic mass is 10.1. The molecule has 1 fully saturated rings. The number of rotatable bonds is 4. The van der Waals surface area contributed by atoms with Crippen molar-refractivity contribution in [3.05, 3.63) is 51.3 Å². The zero-order valence-electron chi connectivity index (χ0n) is 13.0. The number of hydrogen-bond acceptors (Lipinski definition) is 5. The number of methoxy groups -OCH3 is 1. The zero-order chi connectivity index (χ0) is 17.3. The van der Waals surface area contributed by atoms with Crippen LogP contribution in [0.3, 0.4) is 0 Å². The maximum Gasteiger partial charge on any atom is 0.342 e. The maximum atomic E-state index is 11.8. The van der Waals surface area contributed by atoms with Gasteiger partial charge in [0.05, 0.1) is 16.8 Å². The molecule has 0 amide bonds. The Morgan fingerprint density at radius 3 is 2.79 bits per heavy atom. The molecule has 0 spiro atoms. The van der Waals surface area contributed by atoms with Crippen LogP contribution in [0.25, 0.3) is 11.3 Å². The second kappa shape index (κ2) is 6.67. The Bertz CT molecular complexity index is 832. The third-order valence-electron chi connectivity index (χ3n) is 4.11. The fourth-order valence-corrected chi connectivity index (χ4v) is 3.07. The number of carboxylic acid groups (broad SMARTS) is 1. The van der Waals surface area contributed by atoms with E-state index in [0.29, 0.717) is 10.6 Å². The van der Waals surface area contributed by atoms with Crippen LogP contribution < -0.4 is 10.3 Å². The Morgan fingerprint density at radius 2 is 2.21 bits per heavy atom. The van der Waals surface area contributed by atoms with Gasteiger partial charge in [0.15, 0.2) is 5.43 Å². The van der Waals surface area contributed by atoms with E-state index in [4.69, 9.17) is 25.9 Å². The number of benzene rings is 1. The molecule has 0 radical (unpaired) electrons. The molecule has 126 valence electrons. The Kier molecular flexibility index (Phi) is 4.59. The van der Waals surface area contributed by atoms with Crippen molar-refractivity contribution in [2.24, 2.45) is 0 Å². The molecule has 24 heavy (non-hydrogen) atoms. The van der Waals surface area contributed by atoms with Gasteiger partial charge in [-0.15, -0.1) is 0 Å². The molecule has 1 aromatic heterocycles. The molecule has 1 atom stereocenters. The predicted octanol–water partition coefficient (Wildman–Crippen LogP) is 2.88. The lowest BCUT2D eigenvalue weighted by molar-refractivity contribution is 0.0693. The van der Waals surface area contributed by atoms with Gasteiger partial charge in [-0.1, -0.05) is 11.6 Å². The molecule has 2 aromatic rings. The number of nitrogens with zero attached hydrogens (tertiary/aromatic N) is 1. The molecular formula is C17H16ClNO5. The summed E-state index contributed by atoms with van der Waals surface area (Å²) in [6, 6.07) is 6.52. The SMILES string of the molecule is CO[C@@H]1CCN(c2ccc(-c3cc(=O)c(C(=O)O)co3)cc2Cl)C1. The molecule has 1 aliphatic rings. The van der Waals surface area contributed by atoms with Crippen molar-refractivity contribution in [2.45, 2.75) is 12.5 Å². The fraction of sp³-hybridized carbons (Fsp3) is 0.294. The summed E-state index contributed by atoms with van der Waals surface area (Å²) in [4.78, 5) is 24.8. The predicted molar refractivity (Wildman–Crippen MR) is 90.0 cm³/mol. The van der Waals surface area contributed by atoms with Crippen LogP contribution in [-0.4, -0.2) is 37.4 Å². The number of carbonyl (C=O) groups is 1. The second-order valence-corrected chi connectivity index (χ2v) is 5.99. The normalized spacial score (nSPS) is 17.2. The number of halogens is 1. The highest BCUT2D eigenvalue weighted by Crippen LogP contribution is 2.33. The molecule has 0 aliphatic carbocycles. The molecule has 1 N–H and O–H groups in total. The third-order valence-corrected chi connectivity index (χ3v) is 4.42. The first-order valence-electron chi connectivity index (χ1n) is 7.43. The number of carboxylic acids is 1. The standard InChI is InChI=1S/C17H16ClNO5/c1-23-11-4-5-19(8-11)14-3-2-10(6-13(14)18)16-7-15(20)12(9-24-16)17(21)22/h2-3,6-7,9,11H,4-5,8H2,1H3,(H,21,22)/t11-/m1/s1. The average Bonchev–Trinajstić information content (AvgIpc) is 3.03. The van der Waals surface area contributed by atoms with Crippen molar-refractivity contribution < 1.29 is 19.1 Å². The second-order valence-electron chi connectivity index (χ2n) is 5.59. The van der Waals surface area contributed by atoms with Gasteiger partial charge in [0.25, 0.3) is 0 Å². The van der Waals surface area contributed by atoms with Crippen molar-refractivity contribution in [3.63, 3.8) is 0 Å². The van der Waals surface area contributed by atoms with E-state index in [2.05, 4.69) is 4.90 Å². The largest absolute Gasteiger partial charge is 0.477 e. The number of aromatic carboxylic acids is 1. The molecule has 3 rings (SSSR count). The highest BCUT2D eigenvalue weighted by molar-refractivity contribution is 6.33. The van der Waals surface area contributed by atoms with Gasteiger partial charge in [0.1, 0.15) is 17.6 Å². The molecule has 7 heteroatoms. The molecule has 1 aromatic carbocycles. The van der Waals surface area contributed by atoms with Crippen LogP contribution in [0, 0.1) is 0 Å². The highest BCUT2D eigenvalue weighted by Gasteiger charge is 2.24. The van der Waals surface area contributed by atoms with Crippen LogP contribution in [0.5, 0.6) is 0 Å². The van der Waals surface area contributed by atoms with Gasteiger partial charge >= 0.3 is 5.97 Å². The summed E-state index contributed by atoms with van der Waals surface area (Å²) in [6.45, 7) is 1.64. The Labute approximate surface area is 143 Å². The topological polar surface area (TPSA) is 80.0 Å². The van der Waals surface area contributed by atoms with E-state index < -0.39 is 17.0 Å². The van der Waals surface area contributed by atoms with Gasteiger partial charge in [-0.2, -0.15) is 0 Å². The van der Waals surface area contributed by atoms with Crippen LogP contribution >= 0.6 is 11.6 Å². The van der Waals surface area contributed by atoms with Crippen LogP contribution in [0.15, 0.2) is 39.7 Å². The van der Waals surface area contributed by atoms with Crippen molar-refractivity contribution in [1.29, 1.82) is 0 Å². The van der Waals surface area contributed by atoms with E-state index in [9.17, 15) is 9.59 Å². The van der Waals surface area contributed by atoms with Crippen LogP contribution in [0.4, 0.5) is 5.69 Å². The van der Waals surface area contributed by atoms with Crippen molar-refractivity contribution in [3.8, 4) is 11.3 Å². The monoisotopic (exact) mass is 349 g/mol. The van der Waals surface area contributed by atoms with E-state index >= 15 is 0 Å². The van der Waals surface area contributed by atoms with Crippen molar-refractivity contribution in [1.82, 2.24) is 0 Å². The molecule has 0 saturated carbocycles. The minimum absolute atomic E-state index is 0.197. The first kappa shape index (κ1) is 16.5. The highest BCUT2D eigenvalue weighted by atomic mass is 35.5. The van der Waals surface area contributed by atoms with E-state index in [0.717, 1.165) is 37.5 Å². The molecule has 0 unspecified atom stereocenters. The first-order chi connectivity index (χ1) is 11.5. The van der Waals surface area contributed by atoms with E-state index in [1.54, 1.807) is 19.2 Å². The van der Waals surface area contributed by atoms with Crippen LogP contribution in [0.1, 0.15) is 16.8 Å². The summed E-state index contributed by atoms with van der Waals surface area (Å²) in [6.07, 6.45) is 2.09. The number of ether oxygens (including phenoxy) is 1. The molecule has 6 nitrogen and oxygen atoms in total. The first-order valence-corrected chi connectivity index (χ1v) is 7.81. The molecule has 2 heterocycles. The molecule has 1 saturated heterocycles. The molecule has 0 bridgehead atoms. The lowest BCUT2D eigenvalue weighted by Crippen LogP contribution is -2.22. The summed E-state index contributed by atoms with van der Waals surface area (Å²) in [5, 5.41) is 9.41. The van der Waals surface area contributed by atoms with Gasteiger partial charge < -0.3 is 19.2 Å². The van der Waals surface area contributed by atoms with Gasteiger partial charge in [0.2, 0.25) is 0 Å². The van der Waals surface area contributed by atoms with Gasteiger partial charge in [0, 0.05) is 31.8 Å². The number of hydrogen-bond donors (Lipinski definition) is 1. The third kappa shape index (κ3) is 3.16. The number of anilines is 1. The maximum absolute atomic E-state index is 11.8. The Balaban J connectivity index is 1.89. The van der Waals surface area contributed by atoms with Gasteiger partial charge in [-0.25, -0.2) is 4.79 Å². The van der Waals surface area contributed by atoms with Crippen molar-refractivity contribution in [2.75, 3.05) is 25.1 Å². The summed E-state index contributed by atoms with van der Waals surface area (Å²) in [7, 11) is 1.70. The molecule has 1 aliphatic heterocycles. The summed E-state index contributed by atoms with van der Waals surface area (Å²) < 4.78 is 10.6. The van der Waals surface area contributed by atoms with E-state index in [-0.39, 0.29) is 11.9 Å². The average molecular weight is 350 g/mol. The molecular weight excluding hydrogens is 334 g/mol. The minimum Gasteiger partial charge on any atom is -0.477 e.